The zero-order chi connectivity index (χ0) is 13.2. The fourth-order valence-corrected chi connectivity index (χ4v) is 2.91. The van der Waals surface area contributed by atoms with Crippen molar-refractivity contribution in [3.8, 4) is 0 Å². The van der Waals surface area contributed by atoms with Crippen LogP contribution in [0, 0.1) is 5.82 Å². The first-order chi connectivity index (χ1) is 9.24. The van der Waals surface area contributed by atoms with Crippen molar-refractivity contribution in [2.24, 2.45) is 0 Å². The first-order valence-corrected chi connectivity index (χ1v) is 7.00. The Kier molecular flexibility index (Phi) is 3.38. The highest BCUT2D eigenvalue weighted by Gasteiger charge is 2.14. The average molecular weight is 319 g/mol. The molecule has 3 heteroatoms. The first-order valence-electron chi connectivity index (χ1n) is 6.08. The van der Waals surface area contributed by atoms with Crippen LogP contribution in [-0.4, -0.2) is 0 Å². The number of alkyl halides is 1. The van der Waals surface area contributed by atoms with E-state index in [-0.39, 0.29) is 10.6 Å². The van der Waals surface area contributed by atoms with Gasteiger partial charge in [0.2, 0.25) is 0 Å². The fourth-order valence-electron chi connectivity index (χ4n) is 2.18. The van der Waals surface area contributed by atoms with Crippen molar-refractivity contribution in [3.05, 3.63) is 71.7 Å². The highest BCUT2D eigenvalue weighted by Crippen LogP contribution is 2.33. The second-order valence-electron chi connectivity index (χ2n) is 4.49. The summed E-state index contributed by atoms with van der Waals surface area (Å²) in [6.45, 7) is 0. The molecule has 0 spiro atoms. The fraction of sp³-hybridized carbons (Fsp3) is 0.125. The van der Waals surface area contributed by atoms with Gasteiger partial charge in [0, 0.05) is 15.8 Å². The van der Waals surface area contributed by atoms with Gasteiger partial charge >= 0.3 is 0 Å². The topological polar surface area (TPSA) is 13.1 Å². The van der Waals surface area contributed by atoms with E-state index in [0.717, 1.165) is 28.5 Å². The number of hydrogen-bond donors (Lipinski definition) is 0. The number of para-hydroxylation sites is 1. The first kappa shape index (κ1) is 12.4. The van der Waals surface area contributed by atoms with Crippen LogP contribution in [0.2, 0.25) is 0 Å². The highest BCUT2D eigenvalue weighted by molar-refractivity contribution is 9.09. The molecule has 0 aliphatic carbocycles. The van der Waals surface area contributed by atoms with E-state index < -0.39 is 0 Å². The van der Waals surface area contributed by atoms with Gasteiger partial charge in [-0.25, -0.2) is 4.39 Å². The monoisotopic (exact) mass is 318 g/mol. The molecule has 1 aromatic heterocycles. The summed E-state index contributed by atoms with van der Waals surface area (Å²) in [6, 6.07) is 14.6. The molecule has 0 N–H and O–H groups in total. The van der Waals surface area contributed by atoms with Crippen molar-refractivity contribution in [2.45, 2.75) is 11.2 Å². The molecule has 0 aliphatic heterocycles. The highest BCUT2D eigenvalue weighted by atomic mass is 79.9. The Morgan fingerprint density at radius 3 is 2.58 bits per heavy atom. The molecule has 0 saturated carbocycles. The van der Waals surface area contributed by atoms with Crippen LogP contribution in [0.3, 0.4) is 0 Å². The number of hydrogen-bond acceptors (Lipinski definition) is 1. The largest absolute Gasteiger partial charge is 0.464 e. The predicted molar refractivity (Wildman–Crippen MR) is 78.0 cm³/mol. The van der Waals surface area contributed by atoms with Crippen LogP contribution in [0.1, 0.15) is 16.0 Å². The van der Waals surface area contributed by atoms with Gasteiger partial charge in [0.15, 0.2) is 0 Å². The summed E-state index contributed by atoms with van der Waals surface area (Å²) in [5.74, 6) is -0.205. The molecule has 1 atom stereocenters. The molecule has 1 heterocycles. The van der Waals surface area contributed by atoms with Crippen molar-refractivity contribution >= 4 is 26.9 Å². The summed E-state index contributed by atoms with van der Waals surface area (Å²) in [7, 11) is 0. The van der Waals surface area contributed by atoms with Crippen LogP contribution in [0.15, 0.2) is 59.2 Å². The van der Waals surface area contributed by atoms with Gasteiger partial charge in [-0.3, -0.25) is 0 Å². The van der Waals surface area contributed by atoms with Crippen molar-refractivity contribution in [1.82, 2.24) is 0 Å². The van der Waals surface area contributed by atoms with Crippen molar-refractivity contribution < 1.29 is 8.81 Å². The van der Waals surface area contributed by atoms with E-state index in [1.165, 1.54) is 12.1 Å². The Balaban J connectivity index is 1.87. The molecule has 0 saturated heterocycles. The van der Waals surface area contributed by atoms with Crippen LogP contribution in [0.5, 0.6) is 0 Å². The van der Waals surface area contributed by atoms with Crippen LogP contribution in [0.4, 0.5) is 4.39 Å². The third kappa shape index (κ3) is 2.56. The van der Waals surface area contributed by atoms with Gasteiger partial charge in [-0.15, -0.1) is 0 Å². The lowest BCUT2D eigenvalue weighted by Crippen LogP contribution is -1.94. The van der Waals surface area contributed by atoms with E-state index in [1.807, 2.05) is 36.4 Å². The Bertz CT molecular complexity index is 687. The molecule has 1 nitrogen and oxygen atoms in total. The number of benzene rings is 2. The Morgan fingerprint density at radius 1 is 1.05 bits per heavy atom. The standard InChI is InChI=1S/C16H12BrFO/c17-15(9-11-5-7-12(18)8-6-11)14-10-19-16-4-2-1-3-13(14)16/h1-8,10,15H,9H2. The maximum Gasteiger partial charge on any atom is 0.134 e. The van der Waals surface area contributed by atoms with E-state index in [9.17, 15) is 4.39 Å². The molecular weight excluding hydrogens is 307 g/mol. The second-order valence-corrected chi connectivity index (χ2v) is 5.59. The van der Waals surface area contributed by atoms with Gasteiger partial charge in [0.05, 0.1) is 6.26 Å². The summed E-state index contributed by atoms with van der Waals surface area (Å²) >= 11 is 3.69. The van der Waals surface area contributed by atoms with Gasteiger partial charge in [-0.1, -0.05) is 46.3 Å². The summed E-state index contributed by atoms with van der Waals surface area (Å²) in [5.41, 5.74) is 3.11. The lowest BCUT2D eigenvalue weighted by molar-refractivity contribution is 0.609. The Hall–Kier alpha value is -1.61. The smallest absolute Gasteiger partial charge is 0.134 e. The van der Waals surface area contributed by atoms with E-state index in [1.54, 1.807) is 6.26 Å². The number of fused-ring (bicyclic) bond motifs is 1. The van der Waals surface area contributed by atoms with Crippen LogP contribution >= 0.6 is 15.9 Å². The maximum absolute atomic E-state index is 12.9. The Labute approximate surface area is 119 Å². The minimum Gasteiger partial charge on any atom is -0.464 e. The van der Waals surface area contributed by atoms with Crippen LogP contribution < -0.4 is 0 Å². The van der Waals surface area contributed by atoms with E-state index >= 15 is 0 Å². The van der Waals surface area contributed by atoms with Gasteiger partial charge in [-0.2, -0.15) is 0 Å². The molecule has 0 bridgehead atoms. The molecule has 2 aromatic carbocycles. The molecule has 0 radical (unpaired) electrons. The predicted octanol–water partition coefficient (Wildman–Crippen LogP) is 5.25. The minimum absolute atomic E-state index is 0.154. The summed E-state index contributed by atoms with van der Waals surface area (Å²) in [6.07, 6.45) is 2.58. The third-order valence-corrected chi connectivity index (χ3v) is 3.99. The van der Waals surface area contributed by atoms with Gasteiger partial charge in [0.25, 0.3) is 0 Å². The molecule has 96 valence electrons. The third-order valence-electron chi connectivity index (χ3n) is 3.18. The summed E-state index contributed by atoms with van der Waals surface area (Å²) in [5, 5.41) is 1.12. The quantitative estimate of drug-likeness (QED) is 0.601. The summed E-state index contributed by atoms with van der Waals surface area (Å²) in [4.78, 5) is 0.154. The molecule has 0 fully saturated rings. The van der Waals surface area contributed by atoms with Crippen LogP contribution in [0.25, 0.3) is 11.0 Å². The summed E-state index contributed by atoms with van der Waals surface area (Å²) < 4.78 is 18.4. The zero-order valence-corrected chi connectivity index (χ0v) is 11.7. The van der Waals surface area contributed by atoms with Crippen molar-refractivity contribution in [3.63, 3.8) is 0 Å². The van der Waals surface area contributed by atoms with Gasteiger partial charge in [0.1, 0.15) is 11.4 Å². The van der Waals surface area contributed by atoms with Crippen molar-refractivity contribution in [1.29, 1.82) is 0 Å². The molecule has 1 unspecified atom stereocenters. The average Bonchev–Trinajstić information content (AvgIpc) is 2.85. The molecule has 0 aliphatic rings. The van der Waals surface area contributed by atoms with E-state index in [4.69, 9.17) is 4.42 Å². The van der Waals surface area contributed by atoms with Gasteiger partial charge < -0.3 is 4.42 Å². The molecule has 3 rings (SSSR count). The zero-order valence-electron chi connectivity index (χ0n) is 10.1. The molecule has 0 amide bonds. The SMILES string of the molecule is Fc1ccc(CC(Br)c2coc3ccccc23)cc1. The lowest BCUT2D eigenvalue weighted by atomic mass is 10.0. The molecule has 19 heavy (non-hydrogen) atoms. The lowest BCUT2D eigenvalue weighted by Gasteiger charge is -2.08. The molecule has 3 aromatic rings. The number of rotatable bonds is 3. The minimum atomic E-state index is -0.205. The molecular formula is C16H12BrFO. The van der Waals surface area contributed by atoms with E-state index in [2.05, 4.69) is 15.9 Å². The van der Waals surface area contributed by atoms with E-state index in [0.29, 0.717) is 0 Å². The Morgan fingerprint density at radius 2 is 1.79 bits per heavy atom. The number of furan rings is 1. The second kappa shape index (κ2) is 5.17. The normalized spacial score (nSPS) is 12.7. The maximum atomic E-state index is 12.9. The van der Waals surface area contributed by atoms with Crippen LogP contribution in [-0.2, 0) is 6.42 Å². The van der Waals surface area contributed by atoms with Gasteiger partial charge in [-0.05, 0) is 30.2 Å². The van der Waals surface area contributed by atoms with Crippen molar-refractivity contribution in [2.75, 3.05) is 0 Å². The number of halogens is 2.